The number of hydrogen-bond acceptors (Lipinski definition) is 5. The number of aliphatic hydroxyl groups excluding tert-OH is 1. The van der Waals surface area contributed by atoms with Crippen LogP contribution in [-0.2, 0) is 20.4 Å². The smallest absolute Gasteiger partial charge is 0.237 e. The van der Waals surface area contributed by atoms with E-state index in [9.17, 15) is 18.3 Å². The van der Waals surface area contributed by atoms with Gasteiger partial charge in [-0.05, 0) is 32.3 Å². The zero-order valence-corrected chi connectivity index (χ0v) is 15.6. The monoisotopic (exact) mass is 369 g/mol. The van der Waals surface area contributed by atoms with Crippen LogP contribution in [0.2, 0.25) is 0 Å². The van der Waals surface area contributed by atoms with Gasteiger partial charge in [0, 0.05) is 6.54 Å². The zero-order chi connectivity index (χ0) is 18.5. The molecule has 1 aliphatic rings. The second-order valence-electron chi connectivity index (χ2n) is 6.88. The van der Waals surface area contributed by atoms with Crippen molar-refractivity contribution in [2.24, 2.45) is 0 Å². The molecule has 2 rings (SSSR count). The van der Waals surface area contributed by atoms with Crippen molar-refractivity contribution < 1.29 is 18.3 Å². The number of unbranched alkanes of at least 4 members (excludes halogenated alkanes) is 2. The van der Waals surface area contributed by atoms with Crippen LogP contribution in [0.25, 0.3) is 0 Å². The Balaban J connectivity index is 1.73. The lowest BCUT2D eigenvalue weighted by Crippen LogP contribution is -2.42. The highest BCUT2D eigenvalue weighted by Crippen LogP contribution is 2.21. The molecule has 0 saturated carbocycles. The molecule has 3 N–H and O–H groups in total. The molecule has 0 radical (unpaired) electrons. The molecule has 0 bridgehead atoms. The normalized spacial score (nSPS) is 19.2. The van der Waals surface area contributed by atoms with E-state index in [1.165, 1.54) is 0 Å². The van der Waals surface area contributed by atoms with Crippen molar-refractivity contribution in [2.75, 3.05) is 18.8 Å². The van der Waals surface area contributed by atoms with Crippen LogP contribution in [0.5, 0.6) is 0 Å². The molecule has 1 aliphatic heterocycles. The Bertz CT molecular complexity index is 676. The summed E-state index contributed by atoms with van der Waals surface area (Å²) in [5.74, 6) is -0.134. The number of hydrogen-bond donors (Lipinski definition) is 3. The molecule has 1 amide bonds. The molecule has 8 heteroatoms. The van der Waals surface area contributed by atoms with Crippen molar-refractivity contribution in [1.29, 1.82) is 0 Å². The molecule has 1 heterocycles. The summed E-state index contributed by atoms with van der Waals surface area (Å²) < 4.78 is 27.4. The van der Waals surface area contributed by atoms with Crippen molar-refractivity contribution in [3.63, 3.8) is 0 Å². The zero-order valence-electron chi connectivity index (χ0n) is 14.7. The van der Waals surface area contributed by atoms with Gasteiger partial charge < -0.3 is 10.4 Å². The molecule has 1 unspecified atom stereocenters. The molecule has 1 aromatic rings. The lowest BCUT2D eigenvalue weighted by atomic mass is 9.96. The summed E-state index contributed by atoms with van der Waals surface area (Å²) in [7, 11) is -3.39. The van der Waals surface area contributed by atoms with Crippen molar-refractivity contribution in [3.8, 4) is 0 Å². The average Bonchev–Trinajstić information content (AvgIpc) is 2.84. The Morgan fingerprint density at radius 2 is 1.92 bits per heavy atom. The van der Waals surface area contributed by atoms with Crippen LogP contribution in [0.1, 0.15) is 38.7 Å². The summed E-state index contributed by atoms with van der Waals surface area (Å²) in [5, 5.41) is 12.0. The maximum atomic E-state index is 12.3. The van der Waals surface area contributed by atoms with E-state index in [-0.39, 0.29) is 18.2 Å². The van der Waals surface area contributed by atoms with E-state index < -0.39 is 21.9 Å². The van der Waals surface area contributed by atoms with E-state index >= 15 is 0 Å². The topological polar surface area (TPSA) is 98.7 Å². The fourth-order valence-corrected chi connectivity index (χ4v) is 4.47. The Hall–Kier alpha value is -1.48. The van der Waals surface area contributed by atoms with Crippen LogP contribution in [0, 0.1) is 0 Å². The molecular formula is C17H27N3O4S. The highest BCUT2D eigenvalue weighted by atomic mass is 32.2. The van der Waals surface area contributed by atoms with Crippen LogP contribution < -0.4 is 10.0 Å². The van der Waals surface area contributed by atoms with Gasteiger partial charge in [-0.1, -0.05) is 36.8 Å². The second-order valence-corrected chi connectivity index (χ2v) is 8.73. The maximum Gasteiger partial charge on any atom is 0.237 e. The number of carbonyl (C=O) groups is 1. The van der Waals surface area contributed by atoms with Gasteiger partial charge in [0.1, 0.15) is 0 Å². The molecule has 25 heavy (non-hydrogen) atoms. The lowest BCUT2D eigenvalue weighted by molar-refractivity contribution is -0.119. The third kappa shape index (κ3) is 6.07. The number of rotatable bonds is 9. The Kier molecular flexibility index (Phi) is 6.56. The predicted octanol–water partition coefficient (Wildman–Crippen LogP) is 0.719. The largest absolute Gasteiger partial charge is 0.361 e. The average molecular weight is 369 g/mol. The van der Waals surface area contributed by atoms with Crippen LogP contribution >= 0.6 is 0 Å². The minimum Gasteiger partial charge on any atom is -0.361 e. The van der Waals surface area contributed by atoms with E-state index in [2.05, 4.69) is 10.0 Å². The van der Waals surface area contributed by atoms with Gasteiger partial charge in [-0.3, -0.25) is 9.69 Å². The SMILES string of the molecule is CC(C)(NS(=O)(=O)CCCCCN1CC(=O)NC1O)c1ccccc1. The number of nitrogens with zero attached hydrogens (tertiary/aromatic N) is 1. The first-order valence-electron chi connectivity index (χ1n) is 8.48. The first-order valence-corrected chi connectivity index (χ1v) is 10.1. The number of sulfonamides is 1. The van der Waals surface area contributed by atoms with Gasteiger partial charge in [0.15, 0.2) is 6.35 Å². The fraction of sp³-hybridized carbons (Fsp3) is 0.588. The van der Waals surface area contributed by atoms with E-state index in [0.717, 1.165) is 12.0 Å². The number of amides is 1. The summed E-state index contributed by atoms with van der Waals surface area (Å²) in [5.41, 5.74) is 0.255. The highest BCUT2D eigenvalue weighted by Gasteiger charge is 2.28. The first kappa shape index (κ1) is 19.8. The third-order valence-corrected chi connectivity index (χ3v) is 5.89. The molecule has 1 saturated heterocycles. The van der Waals surface area contributed by atoms with E-state index in [1.54, 1.807) is 4.90 Å². The number of aliphatic hydroxyl groups is 1. The molecule has 1 aromatic carbocycles. The molecular weight excluding hydrogens is 342 g/mol. The van der Waals surface area contributed by atoms with Gasteiger partial charge in [-0.25, -0.2) is 13.1 Å². The molecule has 0 aromatic heterocycles. The van der Waals surface area contributed by atoms with Gasteiger partial charge in [-0.2, -0.15) is 0 Å². The summed E-state index contributed by atoms with van der Waals surface area (Å²) in [4.78, 5) is 12.8. The minimum atomic E-state index is -3.39. The van der Waals surface area contributed by atoms with E-state index in [0.29, 0.717) is 19.4 Å². The summed E-state index contributed by atoms with van der Waals surface area (Å²) in [6.45, 7) is 4.44. The third-order valence-electron chi connectivity index (χ3n) is 4.25. The van der Waals surface area contributed by atoms with E-state index in [1.807, 2.05) is 44.2 Å². The van der Waals surface area contributed by atoms with Gasteiger partial charge in [0.25, 0.3) is 0 Å². The highest BCUT2D eigenvalue weighted by molar-refractivity contribution is 7.89. The van der Waals surface area contributed by atoms with Crippen molar-refractivity contribution in [2.45, 2.75) is 45.0 Å². The molecule has 7 nitrogen and oxygen atoms in total. The molecule has 1 atom stereocenters. The number of carbonyl (C=O) groups excluding carboxylic acids is 1. The summed E-state index contributed by atoms with van der Waals surface area (Å²) in [6.07, 6.45) is 1.05. The predicted molar refractivity (Wildman–Crippen MR) is 96.0 cm³/mol. The first-order chi connectivity index (χ1) is 11.7. The number of benzene rings is 1. The van der Waals surface area contributed by atoms with Gasteiger partial charge in [-0.15, -0.1) is 0 Å². The van der Waals surface area contributed by atoms with Gasteiger partial charge in [0.2, 0.25) is 15.9 Å². The minimum absolute atomic E-state index is 0.0585. The quantitative estimate of drug-likeness (QED) is 0.557. The lowest BCUT2D eigenvalue weighted by Gasteiger charge is -2.26. The van der Waals surface area contributed by atoms with Crippen LogP contribution in [0.3, 0.4) is 0 Å². The second kappa shape index (κ2) is 8.27. The standard InChI is InChI=1S/C17H27N3O4S/c1-17(2,14-9-5-3-6-10-14)19-25(23,24)12-8-4-7-11-20-13-15(21)18-16(20)22/h3,5-6,9-10,16,19,22H,4,7-8,11-13H2,1-2H3,(H,18,21). The van der Waals surface area contributed by atoms with Crippen molar-refractivity contribution in [3.05, 3.63) is 35.9 Å². The fourth-order valence-electron chi connectivity index (χ4n) is 2.89. The molecule has 0 aliphatic carbocycles. The molecule has 0 spiro atoms. The van der Waals surface area contributed by atoms with Crippen LogP contribution in [0.15, 0.2) is 30.3 Å². The Labute approximate surface area is 149 Å². The van der Waals surface area contributed by atoms with Gasteiger partial charge in [0.05, 0.1) is 17.8 Å². The molecule has 140 valence electrons. The van der Waals surface area contributed by atoms with Crippen LogP contribution in [-0.4, -0.2) is 49.5 Å². The summed E-state index contributed by atoms with van der Waals surface area (Å²) in [6, 6.07) is 9.47. The maximum absolute atomic E-state index is 12.3. The summed E-state index contributed by atoms with van der Waals surface area (Å²) >= 11 is 0. The van der Waals surface area contributed by atoms with Crippen molar-refractivity contribution >= 4 is 15.9 Å². The van der Waals surface area contributed by atoms with E-state index in [4.69, 9.17) is 0 Å². The van der Waals surface area contributed by atoms with Gasteiger partial charge >= 0.3 is 0 Å². The number of nitrogens with one attached hydrogen (secondary N) is 2. The Morgan fingerprint density at radius 3 is 2.52 bits per heavy atom. The van der Waals surface area contributed by atoms with Crippen molar-refractivity contribution in [1.82, 2.24) is 14.9 Å². The Morgan fingerprint density at radius 1 is 1.24 bits per heavy atom. The molecule has 1 fully saturated rings. The van der Waals surface area contributed by atoms with Crippen LogP contribution in [0.4, 0.5) is 0 Å².